The van der Waals surface area contributed by atoms with E-state index in [9.17, 15) is 14.4 Å². The number of carbonyl (C=O) groups is 3. The first-order valence-corrected chi connectivity index (χ1v) is 23.7. The highest BCUT2D eigenvalue weighted by Gasteiger charge is 2.14. The fraction of sp³-hybridized carbons (Fsp3) is 0.673. The van der Waals surface area contributed by atoms with Gasteiger partial charge in [0.25, 0.3) is 0 Å². The van der Waals surface area contributed by atoms with Gasteiger partial charge in [-0.15, -0.1) is 0 Å². The lowest BCUT2D eigenvalue weighted by Crippen LogP contribution is -2.28. The van der Waals surface area contributed by atoms with Gasteiger partial charge in [0.1, 0.15) is 12.6 Å². The lowest BCUT2D eigenvalue weighted by molar-refractivity contribution is -0.150. The Hall–Kier alpha value is -3.41. The Kier molecular flexibility index (Phi) is 43.6. The third-order valence-electron chi connectivity index (χ3n) is 10.1. The molecule has 6 nitrogen and oxygen atoms in total. The molecule has 6 heteroatoms. The maximum atomic E-state index is 12.8. The zero-order valence-corrected chi connectivity index (χ0v) is 37.4. The van der Waals surface area contributed by atoms with Crippen LogP contribution in [0, 0.1) is 0 Å². The van der Waals surface area contributed by atoms with Gasteiger partial charge in [-0.1, -0.05) is 170 Å². The van der Waals surface area contributed by atoms with E-state index in [4.69, 9.17) is 9.84 Å². The van der Waals surface area contributed by atoms with Crippen LogP contribution in [0.15, 0.2) is 85.1 Å². The molecule has 1 amide bonds. The number of hydrogen-bond donors (Lipinski definition) is 2. The average molecular weight is 806 g/mol. The highest BCUT2D eigenvalue weighted by atomic mass is 16.5. The number of carboxylic acid groups (broad SMARTS) is 1. The number of carbonyl (C=O) groups excluding carboxylic acids is 2. The number of hydrogen-bond acceptors (Lipinski definition) is 4. The minimum Gasteiger partial charge on any atom is -0.480 e. The van der Waals surface area contributed by atoms with E-state index in [2.05, 4.69) is 104 Å². The van der Waals surface area contributed by atoms with Gasteiger partial charge in [-0.05, 0) is 116 Å². The zero-order chi connectivity index (χ0) is 42.3. The van der Waals surface area contributed by atoms with E-state index in [1.54, 1.807) is 0 Å². The van der Waals surface area contributed by atoms with Gasteiger partial charge in [-0.3, -0.25) is 14.4 Å². The molecule has 2 N–H and O–H groups in total. The summed E-state index contributed by atoms with van der Waals surface area (Å²) in [6.45, 7) is 4.11. The molecule has 330 valence electrons. The summed E-state index contributed by atoms with van der Waals surface area (Å²) in [6.07, 6.45) is 64.2. The summed E-state index contributed by atoms with van der Waals surface area (Å²) in [5.74, 6) is -1.29. The van der Waals surface area contributed by atoms with Crippen molar-refractivity contribution in [2.24, 2.45) is 0 Å². The second kappa shape index (κ2) is 46.3. The first kappa shape index (κ1) is 54.6. The Bertz CT molecular complexity index is 1160. The number of rotatable bonds is 42. The van der Waals surface area contributed by atoms with E-state index in [1.165, 1.54) is 64.2 Å². The maximum Gasteiger partial charge on any atom is 0.322 e. The molecule has 0 aromatic rings. The third-order valence-corrected chi connectivity index (χ3v) is 10.1. The van der Waals surface area contributed by atoms with Crippen molar-refractivity contribution < 1.29 is 24.2 Å². The van der Waals surface area contributed by atoms with E-state index in [1.807, 2.05) is 0 Å². The predicted octanol–water partition coefficient (Wildman–Crippen LogP) is 15.1. The Morgan fingerprint density at radius 3 is 1.34 bits per heavy atom. The standard InChI is InChI=1S/C52H87NO5/c1-3-5-7-9-11-13-15-17-19-20-21-22-23-24-26-28-30-32-34-39-43-47-52(57)58-49(45-41-37-35-38-42-46-50(54)53-48-51(55)56)44-40-36-33-31-29-27-25-18-16-14-12-10-8-6-4-2/h5,7,11,13,17,19,21-22,24,26-27,29-30,32,49H,3-4,6,8-10,12,14-16,18,20,23,25,28,31,33-48H2,1-2H3,(H,53,54)(H,55,56)/b7-5-,13-11-,19-17-,22-21-,26-24-,29-27-,32-30-. The van der Waals surface area contributed by atoms with Gasteiger partial charge in [-0.25, -0.2) is 0 Å². The van der Waals surface area contributed by atoms with Crippen LogP contribution in [0.5, 0.6) is 0 Å². The highest BCUT2D eigenvalue weighted by Crippen LogP contribution is 2.18. The molecule has 0 radical (unpaired) electrons. The van der Waals surface area contributed by atoms with Gasteiger partial charge >= 0.3 is 11.9 Å². The Balaban J connectivity index is 4.29. The quantitative estimate of drug-likeness (QED) is 0.0364. The third kappa shape index (κ3) is 45.3. The van der Waals surface area contributed by atoms with Gasteiger partial charge in [-0.2, -0.15) is 0 Å². The second-order valence-corrected chi connectivity index (χ2v) is 15.6. The summed E-state index contributed by atoms with van der Waals surface area (Å²) in [5.41, 5.74) is 0. The van der Waals surface area contributed by atoms with Crippen molar-refractivity contribution in [3.05, 3.63) is 85.1 Å². The molecule has 0 rings (SSSR count). The van der Waals surface area contributed by atoms with Crippen LogP contribution >= 0.6 is 0 Å². The summed E-state index contributed by atoms with van der Waals surface area (Å²) in [5, 5.41) is 11.1. The summed E-state index contributed by atoms with van der Waals surface area (Å²) >= 11 is 0. The Morgan fingerprint density at radius 1 is 0.466 bits per heavy atom. The molecular formula is C52H87NO5. The van der Waals surface area contributed by atoms with E-state index in [0.29, 0.717) is 12.8 Å². The largest absolute Gasteiger partial charge is 0.480 e. The molecular weight excluding hydrogens is 719 g/mol. The second-order valence-electron chi connectivity index (χ2n) is 15.6. The predicted molar refractivity (Wildman–Crippen MR) is 249 cm³/mol. The van der Waals surface area contributed by atoms with Crippen molar-refractivity contribution in [3.8, 4) is 0 Å². The fourth-order valence-corrected chi connectivity index (χ4v) is 6.57. The van der Waals surface area contributed by atoms with Crippen LogP contribution in [-0.4, -0.2) is 35.6 Å². The number of allylic oxidation sites excluding steroid dienone is 14. The van der Waals surface area contributed by atoms with Crippen LogP contribution in [0.4, 0.5) is 0 Å². The molecule has 0 bridgehead atoms. The van der Waals surface area contributed by atoms with Crippen LogP contribution in [0.1, 0.15) is 213 Å². The summed E-state index contributed by atoms with van der Waals surface area (Å²) in [4.78, 5) is 35.1. The molecule has 0 aliphatic carbocycles. The van der Waals surface area contributed by atoms with Gasteiger partial charge < -0.3 is 15.2 Å². The van der Waals surface area contributed by atoms with Crippen LogP contribution in [-0.2, 0) is 19.1 Å². The number of carboxylic acids is 1. The Labute approximate surface area is 356 Å². The fourth-order valence-electron chi connectivity index (χ4n) is 6.57. The number of amides is 1. The van der Waals surface area contributed by atoms with E-state index < -0.39 is 5.97 Å². The van der Waals surface area contributed by atoms with Crippen molar-refractivity contribution in [3.63, 3.8) is 0 Å². The van der Waals surface area contributed by atoms with Crippen molar-refractivity contribution >= 4 is 17.8 Å². The smallest absolute Gasteiger partial charge is 0.322 e. The van der Waals surface area contributed by atoms with Crippen molar-refractivity contribution in [1.82, 2.24) is 5.32 Å². The lowest BCUT2D eigenvalue weighted by atomic mass is 10.0. The van der Waals surface area contributed by atoms with Crippen LogP contribution in [0.3, 0.4) is 0 Å². The number of ether oxygens (including phenoxy) is 1. The summed E-state index contributed by atoms with van der Waals surface area (Å²) < 4.78 is 6.02. The van der Waals surface area contributed by atoms with E-state index >= 15 is 0 Å². The molecule has 0 saturated carbocycles. The molecule has 0 aliphatic heterocycles. The molecule has 0 saturated heterocycles. The minimum absolute atomic E-state index is 0.0184. The SMILES string of the molecule is CC/C=C\C/C=C\C/C=C\C/C=C\C/C=C\C/C=C\CCCCC(=O)OC(CCCCC/C=C\CCCCCCCCCC)CCCCCCCC(=O)NCC(=O)O. The highest BCUT2D eigenvalue weighted by molar-refractivity contribution is 5.80. The summed E-state index contributed by atoms with van der Waals surface area (Å²) in [6, 6.07) is 0. The van der Waals surface area contributed by atoms with Gasteiger partial charge in [0.15, 0.2) is 0 Å². The molecule has 1 unspecified atom stereocenters. The Morgan fingerprint density at radius 2 is 0.845 bits per heavy atom. The molecule has 0 fully saturated rings. The maximum absolute atomic E-state index is 12.8. The van der Waals surface area contributed by atoms with Gasteiger partial charge in [0.05, 0.1) is 0 Å². The first-order valence-electron chi connectivity index (χ1n) is 23.7. The summed E-state index contributed by atoms with van der Waals surface area (Å²) in [7, 11) is 0. The molecule has 0 aromatic heterocycles. The van der Waals surface area contributed by atoms with Crippen molar-refractivity contribution in [2.45, 2.75) is 219 Å². The van der Waals surface area contributed by atoms with Gasteiger partial charge in [0, 0.05) is 12.8 Å². The lowest BCUT2D eigenvalue weighted by Gasteiger charge is -2.18. The minimum atomic E-state index is -1.02. The molecule has 0 heterocycles. The van der Waals surface area contributed by atoms with Crippen LogP contribution in [0.25, 0.3) is 0 Å². The molecule has 0 aromatic carbocycles. The topological polar surface area (TPSA) is 92.7 Å². The molecule has 58 heavy (non-hydrogen) atoms. The van der Waals surface area contributed by atoms with Crippen LogP contribution in [0.2, 0.25) is 0 Å². The molecule has 0 aliphatic rings. The number of nitrogens with one attached hydrogen (secondary N) is 1. The van der Waals surface area contributed by atoms with E-state index in [0.717, 1.165) is 122 Å². The first-order chi connectivity index (χ1) is 28.5. The zero-order valence-electron chi connectivity index (χ0n) is 37.4. The normalized spacial score (nSPS) is 12.9. The van der Waals surface area contributed by atoms with Gasteiger partial charge in [0.2, 0.25) is 5.91 Å². The van der Waals surface area contributed by atoms with E-state index in [-0.39, 0.29) is 24.5 Å². The van der Waals surface area contributed by atoms with Crippen molar-refractivity contribution in [1.29, 1.82) is 0 Å². The van der Waals surface area contributed by atoms with Crippen LogP contribution < -0.4 is 5.32 Å². The van der Waals surface area contributed by atoms with Crippen molar-refractivity contribution in [2.75, 3.05) is 6.54 Å². The number of unbranched alkanes of at least 4 members (excludes halogenated alkanes) is 17. The number of aliphatic carboxylic acids is 1. The number of esters is 1. The average Bonchev–Trinajstić information content (AvgIpc) is 3.21. The molecule has 0 spiro atoms. The monoisotopic (exact) mass is 806 g/mol. The molecule has 1 atom stereocenters.